The van der Waals surface area contributed by atoms with E-state index in [1.54, 1.807) is 18.9 Å². The molecule has 0 unspecified atom stereocenters. The molecule has 1 saturated heterocycles. The predicted molar refractivity (Wildman–Crippen MR) is 75.0 cm³/mol. The summed E-state index contributed by atoms with van der Waals surface area (Å²) in [5, 5.41) is 7.71. The highest BCUT2D eigenvalue weighted by Gasteiger charge is 2.25. The average Bonchev–Trinajstić information content (AvgIpc) is 2.69. The van der Waals surface area contributed by atoms with Crippen molar-refractivity contribution in [2.75, 3.05) is 20.1 Å². The lowest BCUT2D eigenvalue weighted by Gasteiger charge is -2.29. The van der Waals surface area contributed by atoms with Gasteiger partial charge in [0.25, 0.3) is 0 Å². The Morgan fingerprint density at radius 1 is 1.30 bits per heavy atom. The molecule has 20 heavy (non-hydrogen) atoms. The molecule has 0 saturated carbocycles. The van der Waals surface area contributed by atoms with Gasteiger partial charge in [-0.2, -0.15) is 0 Å². The first-order valence-corrected chi connectivity index (χ1v) is 7.36. The first kappa shape index (κ1) is 15.0. The third-order valence-corrected chi connectivity index (χ3v) is 3.86. The van der Waals surface area contributed by atoms with Crippen molar-refractivity contribution in [1.29, 1.82) is 0 Å². The Bertz CT molecular complexity index is 438. The molecule has 0 radical (unpaired) electrons. The zero-order valence-corrected chi connectivity index (χ0v) is 12.6. The number of nitrogens with zero attached hydrogens (tertiary/aromatic N) is 4. The third kappa shape index (κ3) is 3.79. The molecule has 1 fully saturated rings. The van der Waals surface area contributed by atoms with Crippen molar-refractivity contribution >= 4 is 5.91 Å². The third-order valence-electron chi connectivity index (χ3n) is 3.86. The van der Waals surface area contributed by atoms with Gasteiger partial charge >= 0.3 is 0 Å². The maximum Gasteiger partial charge on any atom is 0.239 e. The van der Waals surface area contributed by atoms with E-state index >= 15 is 0 Å². The molecule has 1 amide bonds. The highest BCUT2D eigenvalue weighted by Crippen LogP contribution is 2.14. The van der Waals surface area contributed by atoms with E-state index in [4.69, 9.17) is 4.42 Å². The number of carbonyl (C=O) groups excluding carboxylic acids is 1. The molecule has 1 aromatic heterocycles. The van der Waals surface area contributed by atoms with E-state index < -0.39 is 0 Å². The Labute approximate surface area is 120 Å². The molecule has 6 nitrogen and oxygen atoms in total. The second-order valence-corrected chi connectivity index (χ2v) is 5.54. The molecule has 0 N–H and O–H groups in total. The highest BCUT2D eigenvalue weighted by molar-refractivity contribution is 5.81. The zero-order valence-electron chi connectivity index (χ0n) is 12.6. The Balaban J connectivity index is 1.91. The lowest BCUT2D eigenvalue weighted by atomic mass is 10.2. The van der Waals surface area contributed by atoms with Gasteiger partial charge in [0.15, 0.2) is 0 Å². The van der Waals surface area contributed by atoms with Gasteiger partial charge in [0.2, 0.25) is 17.7 Å². The van der Waals surface area contributed by atoms with Crippen LogP contribution in [0.2, 0.25) is 0 Å². The van der Waals surface area contributed by atoms with E-state index in [1.165, 1.54) is 25.7 Å². The molecule has 6 heteroatoms. The summed E-state index contributed by atoms with van der Waals surface area (Å²) in [5.74, 6) is 1.13. The molecule has 1 atom stereocenters. The first-order valence-electron chi connectivity index (χ1n) is 7.36. The lowest BCUT2D eigenvalue weighted by Crippen LogP contribution is -2.46. The Morgan fingerprint density at radius 2 is 1.95 bits per heavy atom. The molecular formula is C14H24N4O2. The number of likely N-dealkylation sites (tertiary alicyclic amines) is 1. The summed E-state index contributed by atoms with van der Waals surface area (Å²) in [5.41, 5.74) is 0. The SMILES string of the molecule is Cc1nnc(CN(C)C(=O)[C@H](C)N2CCCCCC2)o1. The standard InChI is InChI=1S/C14H24N4O2/c1-11(18-8-6-4-5-7-9-18)14(19)17(3)10-13-16-15-12(2)20-13/h11H,4-10H2,1-3H3/t11-/m0/s1. The van der Waals surface area contributed by atoms with Crippen LogP contribution in [-0.4, -0.2) is 52.1 Å². The lowest BCUT2D eigenvalue weighted by molar-refractivity contribution is -0.135. The number of hydrogen-bond acceptors (Lipinski definition) is 5. The average molecular weight is 280 g/mol. The summed E-state index contributed by atoms with van der Waals surface area (Å²) < 4.78 is 5.32. The van der Waals surface area contributed by atoms with E-state index in [9.17, 15) is 4.79 Å². The molecule has 0 aliphatic carbocycles. The quantitative estimate of drug-likeness (QED) is 0.838. The molecule has 2 rings (SSSR count). The molecule has 112 valence electrons. The number of aromatic nitrogens is 2. The fourth-order valence-corrected chi connectivity index (χ4v) is 2.64. The topological polar surface area (TPSA) is 62.5 Å². The van der Waals surface area contributed by atoms with E-state index in [2.05, 4.69) is 15.1 Å². The monoisotopic (exact) mass is 280 g/mol. The summed E-state index contributed by atoms with van der Waals surface area (Å²) in [6.07, 6.45) is 4.91. The van der Waals surface area contributed by atoms with Crippen molar-refractivity contribution in [2.45, 2.75) is 52.1 Å². The van der Waals surface area contributed by atoms with Crippen LogP contribution < -0.4 is 0 Å². The molecule has 0 aromatic carbocycles. The largest absolute Gasteiger partial charge is 0.424 e. The van der Waals surface area contributed by atoms with Gasteiger partial charge in [-0.15, -0.1) is 10.2 Å². The number of likely N-dealkylation sites (N-methyl/N-ethyl adjacent to an activating group) is 1. The van der Waals surface area contributed by atoms with Crippen molar-refractivity contribution < 1.29 is 9.21 Å². The summed E-state index contributed by atoms with van der Waals surface area (Å²) in [6.45, 7) is 6.14. The zero-order chi connectivity index (χ0) is 14.5. The van der Waals surface area contributed by atoms with Crippen LogP contribution in [0.5, 0.6) is 0 Å². The van der Waals surface area contributed by atoms with Crippen molar-refractivity contribution in [3.63, 3.8) is 0 Å². The number of aryl methyl sites for hydroxylation is 1. The van der Waals surface area contributed by atoms with Crippen LogP contribution in [0.25, 0.3) is 0 Å². The fourth-order valence-electron chi connectivity index (χ4n) is 2.64. The minimum atomic E-state index is -0.0814. The van der Waals surface area contributed by atoms with Gasteiger partial charge in [0.05, 0.1) is 12.6 Å². The highest BCUT2D eigenvalue weighted by atomic mass is 16.4. The molecule has 0 spiro atoms. The van der Waals surface area contributed by atoms with Crippen LogP contribution in [0, 0.1) is 6.92 Å². The van der Waals surface area contributed by atoms with Crippen molar-refractivity contribution in [3.05, 3.63) is 11.8 Å². The minimum absolute atomic E-state index is 0.0814. The smallest absolute Gasteiger partial charge is 0.239 e. The molecular weight excluding hydrogens is 256 g/mol. The molecule has 1 aliphatic rings. The summed E-state index contributed by atoms with van der Waals surface area (Å²) in [4.78, 5) is 16.4. The van der Waals surface area contributed by atoms with Crippen LogP contribution in [-0.2, 0) is 11.3 Å². The van der Waals surface area contributed by atoms with Crippen molar-refractivity contribution in [2.24, 2.45) is 0 Å². The second kappa shape index (κ2) is 6.83. The molecule has 1 aliphatic heterocycles. The van der Waals surface area contributed by atoms with Crippen molar-refractivity contribution in [3.8, 4) is 0 Å². The summed E-state index contributed by atoms with van der Waals surface area (Å²) in [6, 6.07) is -0.0814. The summed E-state index contributed by atoms with van der Waals surface area (Å²) in [7, 11) is 1.79. The Hall–Kier alpha value is -1.43. The Morgan fingerprint density at radius 3 is 2.50 bits per heavy atom. The van der Waals surface area contributed by atoms with Crippen LogP contribution in [0.1, 0.15) is 44.4 Å². The van der Waals surface area contributed by atoms with E-state index in [1.807, 2.05) is 6.92 Å². The normalized spacial score (nSPS) is 18.6. The van der Waals surface area contributed by atoms with Gasteiger partial charge in [-0.05, 0) is 32.9 Å². The minimum Gasteiger partial charge on any atom is -0.424 e. The van der Waals surface area contributed by atoms with Crippen LogP contribution in [0.15, 0.2) is 4.42 Å². The number of rotatable bonds is 4. The molecule has 2 heterocycles. The fraction of sp³-hybridized carbons (Fsp3) is 0.786. The number of hydrogen-bond donors (Lipinski definition) is 0. The summed E-state index contributed by atoms with van der Waals surface area (Å²) >= 11 is 0. The predicted octanol–water partition coefficient (Wildman–Crippen LogP) is 1.60. The van der Waals surface area contributed by atoms with Crippen molar-refractivity contribution in [1.82, 2.24) is 20.0 Å². The Kier molecular flexibility index (Phi) is 5.11. The van der Waals surface area contributed by atoms with Gasteiger partial charge in [-0.1, -0.05) is 12.8 Å². The number of carbonyl (C=O) groups is 1. The van der Waals surface area contributed by atoms with E-state index in [-0.39, 0.29) is 11.9 Å². The van der Waals surface area contributed by atoms with E-state index in [0.29, 0.717) is 18.3 Å². The van der Waals surface area contributed by atoms with Gasteiger partial charge < -0.3 is 9.32 Å². The van der Waals surface area contributed by atoms with Gasteiger partial charge in [0, 0.05) is 14.0 Å². The first-order chi connectivity index (χ1) is 9.58. The molecule has 0 bridgehead atoms. The molecule has 1 aromatic rings. The van der Waals surface area contributed by atoms with Crippen LogP contribution >= 0.6 is 0 Å². The van der Waals surface area contributed by atoms with Gasteiger partial charge in [-0.25, -0.2) is 0 Å². The van der Waals surface area contributed by atoms with Gasteiger partial charge in [0.1, 0.15) is 0 Å². The van der Waals surface area contributed by atoms with Gasteiger partial charge in [-0.3, -0.25) is 9.69 Å². The van der Waals surface area contributed by atoms with E-state index in [0.717, 1.165) is 13.1 Å². The van der Waals surface area contributed by atoms with Crippen LogP contribution in [0.4, 0.5) is 0 Å². The number of amides is 1. The second-order valence-electron chi connectivity index (χ2n) is 5.54. The van der Waals surface area contributed by atoms with Crippen LogP contribution in [0.3, 0.4) is 0 Å². The maximum atomic E-state index is 12.5. The maximum absolute atomic E-state index is 12.5.